The Kier molecular flexibility index (Phi) is 18.6. The first-order valence-electron chi connectivity index (χ1n) is 7.93. The van der Waals surface area contributed by atoms with E-state index < -0.39 is 0 Å². The van der Waals surface area contributed by atoms with Crippen LogP contribution in [0.3, 0.4) is 0 Å². The van der Waals surface area contributed by atoms with Gasteiger partial charge in [0.05, 0.1) is 46.2 Å². The van der Waals surface area contributed by atoms with Crippen LogP contribution in [0.2, 0.25) is 0 Å². The van der Waals surface area contributed by atoms with E-state index in [-0.39, 0.29) is 0 Å². The summed E-state index contributed by atoms with van der Waals surface area (Å²) in [7, 11) is 0. The zero-order valence-electron chi connectivity index (χ0n) is 13.3. The highest BCUT2D eigenvalue weighted by Gasteiger charge is 1.92. The molecule has 0 aromatic heterocycles. The monoisotopic (exact) mass is 291 g/mol. The summed E-state index contributed by atoms with van der Waals surface area (Å²) in [5.74, 6) is 0. The van der Waals surface area contributed by atoms with Crippen LogP contribution < -0.4 is 5.32 Å². The van der Waals surface area contributed by atoms with Crippen LogP contribution in [0.25, 0.3) is 0 Å². The lowest BCUT2D eigenvalue weighted by molar-refractivity contribution is -0.00168. The highest BCUT2D eigenvalue weighted by atomic mass is 16.6. The molecule has 0 aromatic carbocycles. The van der Waals surface area contributed by atoms with E-state index in [0.29, 0.717) is 39.6 Å². The Morgan fingerprint density at radius 2 is 1.05 bits per heavy atom. The molecule has 0 saturated carbocycles. The summed E-state index contributed by atoms with van der Waals surface area (Å²) in [5, 5.41) is 3.28. The number of unbranched alkanes of at least 4 members (excludes halogenated alkanes) is 1. The molecule has 0 fully saturated rings. The Hall–Kier alpha value is -0.200. The van der Waals surface area contributed by atoms with Crippen LogP contribution in [0, 0.1) is 0 Å². The zero-order valence-corrected chi connectivity index (χ0v) is 13.3. The van der Waals surface area contributed by atoms with E-state index in [9.17, 15) is 0 Å². The molecule has 0 aromatic rings. The largest absolute Gasteiger partial charge is 0.379 e. The highest BCUT2D eigenvalue weighted by molar-refractivity contribution is 4.43. The van der Waals surface area contributed by atoms with Crippen molar-refractivity contribution >= 4 is 0 Å². The minimum absolute atomic E-state index is 0.617. The van der Waals surface area contributed by atoms with Gasteiger partial charge in [-0.05, 0) is 19.4 Å². The molecule has 0 rings (SSSR count). The molecule has 0 bridgehead atoms. The second-order valence-corrected chi connectivity index (χ2v) is 4.55. The van der Waals surface area contributed by atoms with Gasteiger partial charge in [-0.15, -0.1) is 0 Å². The summed E-state index contributed by atoms with van der Waals surface area (Å²) in [5.41, 5.74) is 0. The summed E-state index contributed by atoms with van der Waals surface area (Å²) in [6, 6.07) is 0. The van der Waals surface area contributed by atoms with Gasteiger partial charge in [0, 0.05) is 13.2 Å². The van der Waals surface area contributed by atoms with Crippen molar-refractivity contribution in [1.82, 2.24) is 5.32 Å². The van der Waals surface area contributed by atoms with Crippen molar-refractivity contribution in [2.45, 2.75) is 33.1 Å². The molecule has 0 aliphatic carbocycles. The lowest BCUT2D eigenvalue weighted by atomic mass is 10.4. The van der Waals surface area contributed by atoms with Gasteiger partial charge in [-0.1, -0.05) is 20.3 Å². The topological polar surface area (TPSA) is 49.0 Å². The molecule has 122 valence electrons. The van der Waals surface area contributed by atoms with Gasteiger partial charge in [0.25, 0.3) is 0 Å². The lowest BCUT2D eigenvalue weighted by Gasteiger charge is -2.07. The maximum Gasteiger partial charge on any atom is 0.0701 e. The Labute approximate surface area is 124 Å². The normalized spacial score (nSPS) is 11.1. The Morgan fingerprint density at radius 1 is 0.550 bits per heavy atom. The van der Waals surface area contributed by atoms with Crippen molar-refractivity contribution in [3.05, 3.63) is 0 Å². The number of ether oxygens (including phenoxy) is 4. The smallest absolute Gasteiger partial charge is 0.0701 e. The van der Waals surface area contributed by atoms with Gasteiger partial charge in [-0.2, -0.15) is 0 Å². The van der Waals surface area contributed by atoms with Crippen LogP contribution in [-0.4, -0.2) is 65.9 Å². The second-order valence-electron chi connectivity index (χ2n) is 4.55. The molecule has 0 aliphatic heterocycles. The molecular formula is C15H33NO4. The first-order valence-corrected chi connectivity index (χ1v) is 7.93. The molecule has 5 heteroatoms. The molecule has 0 amide bonds. The highest BCUT2D eigenvalue weighted by Crippen LogP contribution is 1.88. The summed E-state index contributed by atoms with van der Waals surface area (Å²) in [4.78, 5) is 0. The van der Waals surface area contributed by atoms with Gasteiger partial charge in [-0.25, -0.2) is 0 Å². The number of hydrogen-bond acceptors (Lipinski definition) is 5. The average molecular weight is 291 g/mol. The van der Waals surface area contributed by atoms with E-state index in [1.54, 1.807) is 0 Å². The molecule has 0 unspecified atom stereocenters. The molecule has 20 heavy (non-hydrogen) atoms. The van der Waals surface area contributed by atoms with Gasteiger partial charge >= 0.3 is 0 Å². The average Bonchev–Trinajstić information content (AvgIpc) is 2.47. The molecule has 0 radical (unpaired) electrons. The standard InChI is InChI=1S/C15H33NO4/c1-3-5-8-17-10-12-19-14-15-20-13-11-18-9-7-16-6-4-2/h16H,3-15H2,1-2H3. The SMILES string of the molecule is CCCCOCCOCCOCCOCCNCCC. The molecule has 1 N–H and O–H groups in total. The first-order chi connectivity index (χ1) is 9.91. The third kappa shape index (κ3) is 17.8. The lowest BCUT2D eigenvalue weighted by Crippen LogP contribution is -2.21. The molecular weight excluding hydrogens is 258 g/mol. The minimum Gasteiger partial charge on any atom is -0.379 e. The molecule has 5 nitrogen and oxygen atoms in total. The van der Waals surface area contributed by atoms with E-state index in [4.69, 9.17) is 18.9 Å². The van der Waals surface area contributed by atoms with Crippen molar-refractivity contribution in [3.63, 3.8) is 0 Å². The van der Waals surface area contributed by atoms with Crippen LogP contribution in [0.15, 0.2) is 0 Å². The molecule has 0 spiro atoms. The molecule has 0 aliphatic rings. The van der Waals surface area contributed by atoms with Crippen LogP contribution in [0.1, 0.15) is 33.1 Å². The number of nitrogens with one attached hydrogen (secondary N) is 1. The minimum atomic E-state index is 0.617. The van der Waals surface area contributed by atoms with E-state index >= 15 is 0 Å². The maximum atomic E-state index is 5.41. The fraction of sp³-hybridized carbons (Fsp3) is 1.00. The summed E-state index contributed by atoms with van der Waals surface area (Å²) in [6.07, 6.45) is 3.45. The quantitative estimate of drug-likeness (QED) is 0.415. The van der Waals surface area contributed by atoms with Crippen molar-refractivity contribution in [3.8, 4) is 0 Å². The molecule has 0 saturated heterocycles. The van der Waals surface area contributed by atoms with Crippen LogP contribution >= 0.6 is 0 Å². The van der Waals surface area contributed by atoms with Gasteiger partial charge in [0.1, 0.15) is 0 Å². The summed E-state index contributed by atoms with van der Waals surface area (Å²) < 4.78 is 21.6. The first kappa shape index (κ1) is 19.8. The predicted octanol–water partition coefficient (Wildman–Crippen LogP) is 1.85. The van der Waals surface area contributed by atoms with Crippen LogP contribution in [0.4, 0.5) is 0 Å². The van der Waals surface area contributed by atoms with E-state index in [2.05, 4.69) is 19.2 Å². The van der Waals surface area contributed by atoms with Crippen LogP contribution in [0.5, 0.6) is 0 Å². The summed E-state index contributed by atoms with van der Waals surface area (Å²) in [6.45, 7) is 11.7. The van der Waals surface area contributed by atoms with Gasteiger partial charge in [-0.3, -0.25) is 0 Å². The van der Waals surface area contributed by atoms with E-state index in [1.807, 2.05) is 0 Å². The van der Waals surface area contributed by atoms with Crippen molar-refractivity contribution < 1.29 is 18.9 Å². The predicted molar refractivity (Wildman–Crippen MR) is 81.3 cm³/mol. The van der Waals surface area contributed by atoms with E-state index in [0.717, 1.165) is 39.1 Å². The third-order valence-electron chi connectivity index (χ3n) is 2.61. The van der Waals surface area contributed by atoms with Crippen LogP contribution in [-0.2, 0) is 18.9 Å². The third-order valence-corrected chi connectivity index (χ3v) is 2.61. The van der Waals surface area contributed by atoms with E-state index in [1.165, 1.54) is 6.42 Å². The molecule has 0 atom stereocenters. The zero-order chi connectivity index (χ0) is 14.7. The number of hydrogen-bond donors (Lipinski definition) is 1. The fourth-order valence-corrected chi connectivity index (χ4v) is 1.45. The van der Waals surface area contributed by atoms with Crippen molar-refractivity contribution in [1.29, 1.82) is 0 Å². The van der Waals surface area contributed by atoms with Gasteiger partial charge in [0.15, 0.2) is 0 Å². The van der Waals surface area contributed by atoms with Crippen molar-refractivity contribution in [2.75, 3.05) is 65.9 Å². The Bertz CT molecular complexity index is 152. The van der Waals surface area contributed by atoms with Gasteiger partial charge in [0.2, 0.25) is 0 Å². The Morgan fingerprint density at radius 3 is 1.55 bits per heavy atom. The number of rotatable bonds is 17. The maximum absolute atomic E-state index is 5.41. The molecule has 0 heterocycles. The van der Waals surface area contributed by atoms with Gasteiger partial charge < -0.3 is 24.3 Å². The Balaban J connectivity index is 2.89. The second kappa shape index (κ2) is 18.8. The fourth-order valence-electron chi connectivity index (χ4n) is 1.45. The summed E-state index contributed by atoms with van der Waals surface area (Å²) >= 11 is 0. The van der Waals surface area contributed by atoms with Crippen molar-refractivity contribution in [2.24, 2.45) is 0 Å².